The topological polar surface area (TPSA) is 84.6 Å². The third-order valence-corrected chi connectivity index (χ3v) is 2.38. The highest BCUT2D eigenvalue weighted by Crippen LogP contribution is 2.26. The van der Waals surface area contributed by atoms with Gasteiger partial charge in [0.15, 0.2) is 6.39 Å². The first-order valence-corrected chi connectivity index (χ1v) is 5.23. The molecular weight excluding hydrogens is 236 g/mol. The molecule has 6 heteroatoms. The number of methoxy groups -OCH3 is 1. The van der Waals surface area contributed by atoms with Crippen LogP contribution in [0.5, 0.6) is 5.75 Å². The van der Waals surface area contributed by atoms with E-state index in [4.69, 9.17) is 14.3 Å². The van der Waals surface area contributed by atoms with Crippen molar-refractivity contribution in [2.24, 2.45) is 0 Å². The lowest BCUT2D eigenvalue weighted by Gasteiger charge is -2.10. The van der Waals surface area contributed by atoms with Gasteiger partial charge in [0, 0.05) is 0 Å². The average Bonchev–Trinajstić information content (AvgIpc) is 2.89. The minimum Gasteiger partial charge on any atom is -0.495 e. The Kier molecular flexibility index (Phi) is 3.47. The molecule has 0 aliphatic rings. The van der Waals surface area contributed by atoms with Gasteiger partial charge >= 0.3 is 5.97 Å². The Morgan fingerprint density at radius 1 is 1.56 bits per heavy atom. The fraction of sp³-hybridized carbons (Fsp3) is 0.167. The van der Waals surface area contributed by atoms with Crippen LogP contribution in [0.25, 0.3) is 0 Å². The van der Waals surface area contributed by atoms with Crippen LogP contribution in [-0.4, -0.2) is 23.2 Å². The minimum absolute atomic E-state index is 0.191. The van der Waals surface area contributed by atoms with Crippen molar-refractivity contribution < 1.29 is 19.1 Å². The summed E-state index contributed by atoms with van der Waals surface area (Å²) in [5.74, 6) is 0.234. The highest BCUT2D eigenvalue weighted by molar-refractivity contribution is 5.89. The molecule has 0 unspecified atom stereocenters. The Labute approximate surface area is 103 Å². The maximum absolute atomic E-state index is 10.9. The Hall–Kier alpha value is -2.50. The molecule has 1 heterocycles. The van der Waals surface area contributed by atoms with Crippen LogP contribution in [0, 0.1) is 0 Å². The first kappa shape index (κ1) is 12.0. The van der Waals surface area contributed by atoms with E-state index >= 15 is 0 Å². The molecule has 0 saturated carbocycles. The van der Waals surface area contributed by atoms with Gasteiger partial charge in [0.2, 0.25) is 0 Å². The Morgan fingerprint density at radius 3 is 3.00 bits per heavy atom. The van der Waals surface area contributed by atoms with E-state index in [9.17, 15) is 4.79 Å². The fourth-order valence-electron chi connectivity index (χ4n) is 1.49. The van der Waals surface area contributed by atoms with Gasteiger partial charge in [-0.3, -0.25) is 0 Å². The number of hydrogen-bond acceptors (Lipinski definition) is 5. The van der Waals surface area contributed by atoms with Crippen LogP contribution < -0.4 is 10.1 Å². The van der Waals surface area contributed by atoms with E-state index < -0.39 is 5.97 Å². The van der Waals surface area contributed by atoms with E-state index in [1.807, 2.05) is 0 Å². The standard InChI is InChI=1S/C12H12N2O4/c1-17-11-3-2-8(12(15)16)4-10(11)14-6-9-5-13-7-18-9/h2-5,7,14H,6H2,1H3,(H,15,16). The summed E-state index contributed by atoms with van der Waals surface area (Å²) in [6, 6.07) is 4.60. The summed E-state index contributed by atoms with van der Waals surface area (Å²) in [7, 11) is 1.52. The molecule has 2 N–H and O–H groups in total. The summed E-state index contributed by atoms with van der Waals surface area (Å²) in [6.45, 7) is 0.402. The number of hydrogen-bond donors (Lipinski definition) is 2. The third-order valence-electron chi connectivity index (χ3n) is 2.38. The Balaban J connectivity index is 2.18. The lowest BCUT2D eigenvalue weighted by atomic mass is 10.2. The van der Waals surface area contributed by atoms with E-state index in [1.54, 1.807) is 12.3 Å². The lowest BCUT2D eigenvalue weighted by molar-refractivity contribution is 0.0697. The molecule has 94 valence electrons. The molecule has 0 atom stereocenters. The maximum Gasteiger partial charge on any atom is 0.335 e. The summed E-state index contributed by atoms with van der Waals surface area (Å²) in [4.78, 5) is 14.7. The Bertz CT molecular complexity index is 537. The number of anilines is 1. The monoisotopic (exact) mass is 248 g/mol. The zero-order valence-electron chi connectivity index (χ0n) is 9.71. The molecule has 2 aromatic rings. The molecule has 6 nitrogen and oxygen atoms in total. The molecule has 0 fully saturated rings. The number of carboxylic acids is 1. The molecule has 0 aliphatic carbocycles. The van der Waals surface area contributed by atoms with Gasteiger partial charge in [0.1, 0.15) is 11.5 Å². The van der Waals surface area contributed by atoms with Gasteiger partial charge in [0.05, 0.1) is 31.1 Å². The molecule has 0 spiro atoms. The number of carboxylic acid groups (broad SMARTS) is 1. The predicted octanol–water partition coefficient (Wildman–Crippen LogP) is 1.99. The van der Waals surface area contributed by atoms with Gasteiger partial charge in [0.25, 0.3) is 0 Å². The van der Waals surface area contributed by atoms with E-state index in [2.05, 4.69) is 10.3 Å². The quantitative estimate of drug-likeness (QED) is 0.841. The van der Waals surface area contributed by atoms with E-state index in [0.29, 0.717) is 23.7 Å². The SMILES string of the molecule is COc1ccc(C(=O)O)cc1NCc1cnco1. The molecule has 0 bridgehead atoms. The Morgan fingerprint density at radius 2 is 2.39 bits per heavy atom. The smallest absolute Gasteiger partial charge is 0.335 e. The van der Waals surface area contributed by atoms with E-state index in [-0.39, 0.29) is 5.56 Å². The predicted molar refractivity (Wildman–Crippen MR) is 63.8 cm³/mol. The van der Waals surface area contributed by atoms with Crippen molar-refractivity contribution in [2.45, 2.75) is 6.54 Å². The number of nitrogens with one attached hydrogen (secondary N) is 1. The third kappa shape index (κ3) is 2.60. The molecule has 0 radical (unpaired) electrons. The van der Waals surface area contributed by atoms with Gasteiger partial charge in [-0.15, -0.1) is 0 Å². The van der Waals surface area contributed by atoms with Crippen molar-refractivity contribution >= 4 is 11.7 Å². The zero-order valence-corrected chi connectivity index (χ0v) is 9.71. The lowest BCUT2D eigenvalue weighted by Crippen LogP contribution is -2.03. The summed E-state index contributed by atoms with van der Waals surface area (Å²) in [5, 5.41) is 12.0. The van der Waals surface area contributed by atoms with Crippen LogP contribution in [0.1, 0.15) is 16.1 Å². The normalized spacial score (nSPS) is 10.1. The number of oxazole rings is 1. The summed E-state index contributed by atoms with van der Waals surface area (Å²) in [5.41, 5.74) is 0.782. The molecule has 0 amide bonds. The van der Waals surface area contributed by atoms with Gasteiger partial charge in [-0.1, -0.05) is 0 Å². The zero-order chi connectivity index (χ0) is 13.0. The second kappa shape index (κ2) is 5.22. The van der Waals surface area contributed by atoms with Crippen LogP contribution in [0.4, 0.5) is 5.69 Å². The van der Waals surface area contributed by atoms with Crippen molar-refractivity contribution in [3.8, 4) is 5.75 Å². The van der Waals surface area contributed by atoms with Crippen LogP contribution in [-0.2, 0) is 6.54 Å². The van der Waals surface area contributed by atoms with Crippen LogP contribution in [0.3, 0.4) is 0 Å². The molecule has 1 aromatic heterocycles. The van der Waals surface area contributed by atoms with Gasteiger partial charge in [-0.2, -0.15) is 0 Å². The second-order valence-electron chi connectivity index (χ2n) is 3.54. The number of aromatic carboxylic acids is 1. The number of carbonyl (C=O) groups is 1. The summed E-state index contributed by atoms with van der Waals surface area (Å²) >= 11 is 0. The number of ether oxygens (including phenoxy) is 1. The van der Waals surface area contributed by atoms with Crippen molar-refractivity contribution in [3.63, 3.8) is 0 Å². The van der Waals surface area contributed by atoms with Crippen LogP contribution >= 0.6 is 0 Å². The number of aromatic nitrogens is 1. The highest BCUT2D eigenvalue weighted by Gasteiger charge is 2.09. The van der Waals surface area contributed by atoms with Crippen LogP contribution in [0.15, 0.2) is 35.2 Å². The molecule has 2 rings (SSSR count). The largest absolute Gasteiger partial charge is 0.495 e. The van der Waals surface area contributed by atoms with E-state index in [1.165, 1.54) is 25.6 Å². The van der Waals surface area contributed by atoms with Crippen molar-refractivity contribution in [2.75, 3.05) is 12.4 Å². The summed E-state index contributed by atoms with van der Waals surface area (Å²) < 4.78 is 10.2. The van der Waals surface area contributed by atoms with Crippen LogP contribution in [0.2, 0.25) is 0 Å². The minimum atomic E-state index is -0.986. The molecule has 18 heavy (non-hydrogen) atoms. The van der Waals surface area contributed by atoms with Crippen molar-refractivity contribution in [1.29, 1.82) is 0 Å². The van der Waals surface area contributed by atoms with Gasteiger partial charge in [-0.25, -0.2) is 9.78 Å². The van der Waals surface area contributed by atoms with Gasteiger partial charge in [-0.05, 0) is 18.2 Å². The second-order valence-corrected chi connectivity index (χ2v) is 3.54. The summed E-state index contributed by atoms with van der Waals surface area (Å²) in [6.07, 6.45) is 2.92. The molecule has 0 saturated heterocycles. The van der Waals surface area contributed by atoms with Crippen molar-refractivity contribution in [1.82, 2.24) is 4.98 Å². The molecule has 1 aromatic carbocycles. The highest BCUT2D eigenvalue weighted by atomic mass is 16.5. The van der Waals surface area contributed by atoms with E-state index in [0.717, 1.165) is 0 Å². The molecule has 0 aliphatic heterocycles. The number of rotatable bonds is 5. The number of nitrogens with zero attached hydrogens (tertiary/aromatic N) is 1. The fourth-order valence-corrected chi connectivity index (χ4v) is 1.49. The maximum atomic E-state index is 10.9. The van der Waals surface area contributed by atoms with Crippen molar-refractivity contribution in [3.05, 3.63) is 42.1 Å². The average molecular weight is 248 g/mol. The molecular formula is C12H12N2O4. The first-order chi connectivity index (χ1) is 8.70. The number of benzene rings is 1. The van der Waals surface area contributed by atoms with Gasteiger partial charge < -0.3 is 19.6 Å². The first-order valence-electron chi connectivity index (χ1n) is 5.23.